The molecule has 122 valence electrons. The molecule has 22 heavy (non-hydrogen) atoms. The van der Waals surface area contributed by atoms with Crippen LogP contribution in [0.1, 0.15) is 20.3 Å². The van der Waals surface area contributed by atoms with Crippen LogP contribution in [0.5, 0.6) is 0 Å². The molecule has 0 nitrogen and oxygen atoms in total. The zero-order chi connectivity index (χ0) is 14.3. The van der Waals surface area contributed by atoms with Crippen molar-refractivity contribution in [2.75, 3.05) is 0 Å². The fourth-order valence-corrected chi connectivity index (χ4v) is 1.41. The van der Waals surface area contributed by atoms with Gasteiger partial charge in [0.05, 0.1) is 0 Å². The summed E-state index contributed by atoms with van der Waals surface area (Å²) in [4.78, 5) is 0. The predicted octanol–water partition coefficient (Wildman–Crippen LogP) is 6.01. The molecule has 4 heteroatoms. The van der Waals surface area contributed by atoms with Crippen LogP contribution in [0.4, 0.5) is 0 Å². The largest absolute Gasteiger partial charge is 0.168 e. The molecule has 0 saturated heterocycles. The van der Waals surface area contributed by atoms with E-state index in [1.54, 1.807) is 0 Å². The van der Waals surface area contributed by atoms with E-state index >= 15 is 0 Å². The van der Waals surface area contributed by atoms with E-state index in [0.717, 1.165) is 6.42 Å². The smallest absolute Gasteiger partial charge is 0.0809 e. The third-order valence-electron chi connectivity index (χ3n) is 2.13. The molecule has 0 aromatic heterocycles. The minimum atomic E-state index is 0. The van der Waals surface area contributed by atoms with Crippen molar-refractivity contribution in [1.29, 1.82) is 0 Å². The first kappa shape index (κ1) is 29.9. The SMILES string of the molecule is C[CH-]C.Cl.Cl.[C-]1=CC=CC1.[CH3-].[Si]=[Zr].c1ccc2[cH-]ccc2c1. The molecule has 3 rings (SSSR count). The molecule has 2 aromatic rings. The summed E-state index contributed by atoms with van der Waals surface area (Å²) in [6.07, 6.45) is 12.0. The van der Waals surface area contributed by atoms with Gasteiger partial charge in [0, 0.05) is 0 Å². The summed E-state index contributed by atoms with van der Waals surface area (Å²) in [6.45, 7) is 7.06. The van der Waals surface area contributed by atoms with Crippen LogP contribution in [0, 0.1) is 19.9 Å². The van der Waals surface area contributed by atoms with Gasteiger partial charge in [-0.15, -0.1) is 60.9 Å². The Balaban J connectivity index is -0.000000110. The first-order valence-corrected chi connectivity index (χ1v) is 10.4. The third kappa shape index (κ3) is 14.9. The van der Waals surface area contributed by atoms with Gasteiger partial charge in [-0.05, 0) is 0 Å². The molecule has 2 radical (unpaired) electrons. The number of fused-ring (bicyclic) bond motifs is 1. The molecular weight excluding hydrogens is 406 g/mol. The normalized spacial score (nSPS) is 9.14. The Hall–Kier alpha value is -0.0100. The summed E-state index contributed by atoms with van der Waals surface area (Å²) < 4.78 is 0. The molecule has 0 fully saturated rings. The monoisotopic (exact) mass is 428 g/mol. The van der Waals surface area contributed by atoms with Crippen molar-refractivity contribution in [3.8, 4) is 0 Å². The average molecular weight is 431 g/mol. The van der Waals surface area contributed by atoms with Crippen LogP contribution in [-0.2, 0) is 23.3 Å². The van der Waals surface area contributed by atoms with E-state index in [2.05, 4.69) is 61.5 Å². The van der Waals surface area contributed by atoms with Crippen LogP contribution < -0.4 is 0 Å². The Labute approximate surface area is 165 Å². The number of hydrogen-bond donors (Lipinski definition) is 0. The molecular formula is C18H24Cl2SiZr-4. The van der Waals surface area contributed by atoms with E-state index < -0.39 is 0 Å². The van der Waals surface area contributed by atoms with Crippen LogP contribution in [-0.4, -0.2) is 6.88 Å². The zero-order valence-corrected chi connectivity index (χ0v) is 18.5. The predicted molar refractivity (Wildman–Crippen MR) is 103 cm³/mol. The number of halogens is 2. The topological polar surface area (TPSA) is 0 Å². The van der Waals surface area contributed by atoms with Gasteiger partial charge in [0.1, 0.15) is 0 Å². The van der Waals surface area contributed by atoms with Gasteiger partial charge in [-0.25, -0.2) is 12.2 Å². The van der Waals surface area contributed by atoms with Gasteiger partial charge in [-0.2, -0.15) is 37.4 Å². The van der Waals surface area contributed by atoms with Gasteiger partial charge < -0.3 is 13.8 Å². The molecule has 0 aliphatic heterocycles. The first-order chi connectivity index (χ1) is 9.38. The Morgan fingerprint density at radius 2 is 1.73 bits per heavy atom. The summed E-state index contributed by atoms with van der Waals surface area (Å²) in [5, 5.41) is 2.66. The zero-order valence-electron chi connectivity index (χ0n) is 13.4. The second-order valence-corrected chi connectivity index (χ2v) is 3.74. The maximum absolute atomic E-state index is 3.06. The average Bonchev–Trinajstić information content (AvgIpc) is 3.16. The maximum Gasteiger partial charge on any atom is -0.0809 e. The van der Waals surface area contributed by atoms with Crippen LogP contribution in [0.3, 0.4) is 0 Å². The maximum atomic E-state index is 3.06. The summed E-state index contributed by atoms with van der Waals surface area (Å²) in [7, 11) is 0. The Morgan fingerprint density at radius 3 is 2.14 bits per heavy atom. The molecule has 0 amide bonds. The summed E-state index contributed by atoms with van der Waals surface area (Å²) in [5.74, 6) is 0. The number of hydrogen-bond acceptors (Lipinski definition) is 0. The number of allylic oxidation sites excluding steroid dienone is 4. The molecule has 1 aliphatic carbocycles. The van der Waals surface area contributed by atoms with E-state index in [-0.39, 0.29) is 32.2 Å². The van der Waals surface area contributed by atoms with Crippen LogP contribution in [0.25, 0.3) is 10.8 Å². The molecule has 0 unspecified atom stereocenters. The summed E-state index contributed by atoms with van der Waals surface area (Å²) in [6, 6.07) is 14.7. The molecule has 0 atom stereocenters. The Morgan fingerprint density at radius 1 is 1.14 bits per heavy atom. The van der Waals surface area contributed by atoms with Crippen molar-refractivity contribution >= 4 is 42.5 Å². The second-order valence-electron chi connectivity index (χ2n) is 3.74. The molecule has 0 bridgehead atoms. The van der Waals surface area contributed by atoms with Gasteiger partial charge in [0.15, 0.2) is 0 Å². The fraction of sp³-hybridized carbons (Fsp3) is 0.167. The molecule has 0 spiro atoms. The standard InChI is InChI=1S/C9H7.C5H5.C3H7.CH3.2ClH.Si.Zr/c1-2-5-9-7-3-6-8(9)4-1;1-2-4-5-3-1;1-3-2;;;;;/h1-7H;1-3H,4H2;3H,1-2H3;1H3;2*1H;;/q4*-1;;;;. The third-order valence-corrected chi connectivity index (χ3v) is 2.13. The van der Waals surface area contributed by atoms with E-state index in [0.29, 0.717) is 0 Å². The summed E-state index contributed by atoms with van der Waals surface area (Å²) >= 11 is 1.36. The van der Waals surface area contributed by atoms with Crippen LogP contribution in [0.15, 0.2) is 60.7 Å². The van der Waals surface area contributed by atoms with E-state index in [9.17, 15) is 0 Å². The fourth-order valence-electron chi connectivity index (χ4n) is 1.41. The molecule has 0 saturated carbocycles. The molecule has 1 aliphatic rings. The van der Waals surface area contributed by atoms with E-state index in [1.807, 2.05) is 32.4 Å². The van der Waals surface area contributed by atoms with Crippen molar-refractivity contribution in [3.05, 3.63) is 80.6 Å². The van der Waals surface area contributed by atoms with Gasteiger partial charge in [-0.1, -0.05) is 6.07 Å². The second kappa shape index (κ2) is 23.3. The van der Waals surface area contributed by atoms with Crippen LogP contribution in [0.2, 0.25) is 0 Å². The summed E-state index contributed by atoms with van der Waals surface area (Å²) in [5.41, 5.74) is 0. The van der Waals surface area contributed by atoms with Crippen molar-refractivity contribution < 1.29 is 23.3 Å². The van der Waals surface area contributed by atoms with Gasteiger partial charge >= 0.3 is 30.2 Å². The molecule has 0 heterocycles. The van der Waals surface area contributed by atoms with Crippen molar-refractivity contribution in [2.24, 2.45) is 0 Å². The van der Waals surface area contributed by atoms with Crippen LogP contribution >= 0.6 is 24.8 Å². The van der Waals surface area contributed by atoms with Gasteiger partial charge in [0.2, 0.25) is 0 Å². The minimum absolute atomic E-state index is 0. The van der Waals surface area contributed by atoms with Crippen molar-refractivity contribution in [2.45, 2.75) is 20.3 Å². The van der Waals surface area contributed by atoms with E-state index in [4.69, 9.17) is 0 Å². The van der Waals surface area contributed by atoms with Gasteiger partial charge in [-0.3, -0.25) is 6.08 Å². The van der Waals surface area contributed by atoms with Crippen molar-refractivity contribution in [3.63, 3.8) is 0 Å². The van der Waals surface area contributed by atoms with Gasteiger partial charge in [0.25, 0.3) is 0 Å². The van der Waals surface area contributed by atoms with E-state index in [1.165, 1.54) is 34.1 Å². The Bertz CT molecular complexity index is 452. The first-order valence-electron chi connectivity index (χ1n) is 6.19. The minimum Gasteiger partial charge on any atom is -0.168 e. The Kier molecular flexibility index (Phi) is 31.6. The number of benzene rings is 1. The van der Waals surface area contributed by atoms with Crippen molar-refractivity contribution in [1.82, 2.24) is 0 Å². The molecule has 2 aromatic carbocycles. The number of rotatable bonds is 0. The molecule has 0 N–H and O–H groups in total. The quantitative estimate of drug-likeness (QED) is 0.355.